The van der Waals surface area contributed by atoms with Gasteiger partial charge in [-0.05, 0) is 29.7 Å². The highest BCUT2D eigenvalue weighted by Crippen LogP contribution is 2.14. The van der Waals surface area contributed by atoms with Crippen molar-refractivity contribution in [2.75, 3.05) is 32.8 Å². The third kappa shape index (κ3) is 8.12. The molecule has 0 aromatic heterocycles. The molecule has 1 saturated heterocycles. The van der Waals surface area contributed by atoms with Crippen molar-refractivity contribution in [1.82, 2.24) is 15.5 Å². The van der Waals surface area contributed by atoms with Crippen molar-refractivity contribution in [2.24, 2.45) is 4.99 Å². The summed E-state index contributed by atoms with van der Waals surface area (Å²) in [5.74, 6) is 0.793. The maximum atomic E-state index is 6.24. The maximum Gasteiger partial charge on any atom is 0.191 e. The largest absolute Gasteiger partial charge is 0.379 e. The smallest absolute Gasteiger partial charge is 0.191 e. The first-order chi connectivity index (χ1) is 13.7. The van der Waals surface area contributed by atoms with Gasteiger partial charge in [-0.25, -0.2) is 4.99 Å². The first-order valence-electron chi connectivity index (χ1n) is 9.88. The van der Waals surface area contributed by atoms with Crippen molar-refractivity contribution in [3.63, 3.8) is 0 Å². The molecule has 0 bridgehead atoms. The molecule has 1 aliphatic rings. The molecule has 5 nitrogen and oxygen atoms in total. The Labute approximate surface area is 195 Å². The van der Waals surface area contributed by atoms with E-state index in [4.69, 9.17) is 21.3 Å². The van der Waals surface area contributed by atoms with Crippen LogP contribution in [0.1, 0.15) is 23.6 Å². The molecule has 2 aromatic rings. The van der Waals surface area contributed by atoms with Gasteiger partial charge in [-0.1, -0.05) is 54.1 Å². The fraction of sp³-hybridized carbons (Fsp3) is 0.409. The van der Waals surface area contributed by atoms with E-state index >= 15 is 0 Å². The van der Waals surface area contributed by atoms with Crippen LogP contribution in [-0.4, -0.2) is 43.7 Å². The lowest BCUT2D eigenvalue weighted by Crippen LogP contribution is -2.36. The Morgan fingerprint density at radius 1 is 1.07 bits per heavy atom. The molecule has 0 unspecified atom stereocenters. The Morgan fingerprint density at radius 2 is 1.83 bits per heavy atom. The molecule has 158 valence electrons. The van der Waals surface area contributed by atoms with E-state index in [1.54, 1.807) is 0 Å². The monoisotopic (exact) mass is 528 g/mol. The quantitative estimate of drug-likeness (QED) is 0.324. The number of halogens is 2. The molecule has 2 aromatic carbocycles. The molecule has 0 atom stereocenters. The number of hydrogen-bond acceptors (Lipinski definition) is 3. The summed E-state index contributed by atoms with van der Waals surface area (Å²) in [4.78, 5) is 7.17. The molecule has 0 saturated carbocycles. The van der Waals surface area contributed by atoms with E-state index in [1.807, 2.05) is 24.3 Å². The van der Waals surface area contributed by atoms with Crippen molar-refractivity contribution in [3.8, 4) is 0 Å². The first-order valence-corrected chi connectivity index (χ1v) is 10.3. The van der Waals surface area contributed by atoms with Gasteiger partial charge < -0.3 is 15.4 Å². The van der Waals surface area contributed by atoms with Gasteiger partial charge in [0, 0.05) is 37.7 Å². The van der Waals surface area contributed by atoms with Gasteiger partial charge in [-0.15, -0.1) is 24.0 Å². The summed E-state index contributed by atoms with van der Waals surface area (Å²) in [6.45, 7) is 8.77. The van der Waals surface area contributed by atoms with Crippen LogP contribution < -0.4 is 10.6 Å². The third-order valence-electron chi connectivity index (χ3n) is 4.67. The van der Waals surface area contributed by atoms with E-state index in [9.17, 15) is 0 Å². The number of benzene rings is 2. The van der Waals surface area contributed by atoms with Crippen LogP contribution in [0.25, 0.3) is 0 Å². The van der Waals surface area contributed by atoms with Gasteiger partial charge in [0.2, 0.25) is 0 Å². The SMILES string of the molecule is CCNC(=NCc1cccc(CN2CCOCC2)c1)NCc1ccccc1Cl.I. The first kappa shape index (κ1) is 23.9. The molecule has 2 N–H and O–H groups in total. The van der Waals surface area contributed by atoms with E-state index in [1.165, 1.54) is 11.1 Å². The van der Waals surface area contributed by atoms with Crippen LogP contribution in [0, 0.1) is 0 Å². The van der Waals surface area contributed by atoms with Crippen molar-refractivity contribution < 1.29 is 4.74 Å². The second-order valence-electron chi connectivity index (χ2n) is 6.85. The number of hydrogen-bond donors (Lipinski definition) is 2. The van der Waals surface area contributed by atoms with Gasteiger partial charge in [0.15, 0.2) is 5.96 Å². The summed E-state index contributed by atoms with van der Waals surface area (Å²) in [5, 5.41) is 7.42. The zero-order valence-corrected chi connectivity index (χ0v) is 20.0. The zero-order valence-electron chi connectivity index (χ0n) is 16.9. The molecular formula is C22H30ClIN4O. The summed E-state index contributed by atoms with van der Waals surface area (Å²) in [6, 6.07) is 16.5. The maximum absolute atomic E-state index is 6.24. The van der Waals surface area contributed by atoms with Crippen molar-refractivity contribution in [2.45, 2.75) is 26.6 Å². The van der Waals surface area contributed by atoms with Gasteiger partial charge >= 0.3 is 0 Å². The lowest BCUT2D eigenvalue weighted by atomic mass is 10.1. The highest BCUT2D eigenvalue weighted by atomic mass is 127. The standard InChI is InChI=1S/C22H29ClN4O.HI/c1-2-24-22(26-16-20-8-3-4-9-21(20)23)25-15-18-6-5-7-19(14-18)17-27-10-12-28-13-11-27;/h3-9,14H,2,10-13,15-17H2,1H3,(H2,24,25,26);1H. The lowest BCUT2D eigenvalue weighted by molar-refractivity contribution is 0.0342. The van der Waals surface area contributed by atoms with Crippen LogP contribution in [-0.2, 0) is 24.4 Å². The van der Waals surface area contributed by atoms with Crippen LogP contribution in [0.3, 0.4) is 0 Å². The Balaban J connectivity index is 0.00000300. The molecule has 1 fully saturated rings. The van der Waals surface area contributed by atoms with E-state index in [0.29, 0.717) is 13.1 Å². The van der Waals surface area contributed by atoms with E-state index in [-0.39, 0.29) is 24.0 Å². The Bertz CT molecular complexity index is 781. The van der Waals surface area contributed by atoms with Crippen molar-refractivity contribution in [1.29, 1.82) is 0 Å². The Morgan fingerprint density at radius 3 is 2.59 bits per heavy atom. The van der Waals surface area contributed by atoms with Crippen molar-refractivity contribution in [3.05, 3.63) is 70.2 Å². The molecule has 0 spiro atoms. The topological polar surface area (TPSA) is 48.9 Å². The molecular weight excluding hydrogens is 499 g/mol. The van der Waals surface area contributed by atoms with Gasteiger partial charge in [0.05, 0.1) is 19.8 Å². The fourth-order valence-corrected chi connectivity index (χ4v) is 3.38. The molecule has 1 aliphatic heterocycles. The lowest BCUT2D eigenvalue weighted by Gasteiger charge is -2.26. The fourth-order valence-electron chi connectivity index (χ4n) is 3.18. The van der Waals surface area contributed by atoms with E-state index < -0.39 is 0 Å². The minimum atomic E-state index is 0. The number of ether oxygens (including phenoxy) is 1. The molecule has 0 aliphatic carbocycles. The summed E-state index contributed by atoms with van der Waals surface area (Å²) in [5.41, 5.74) is 3.59. The number of guanidine groups is 1. The Hall–Kier alpha value is -1.35. The second-order valence-corrected chi connectivity index (χ2v) is 7.26. The van der Waals surface area contributed by atoms with Crippen LogP contribution in [0.4, 0.5) is 0 Å². The number of nitrogens with one attached hydrogen (secondary N) is 2. The Kier molecular flexibility index (Phi) is 10.8. The van der Waals surface area contributed by atoms with Crippen LogP contribution in [0.2, 0.25) is 5.02 Å². The predicted octanol–water partition coefficient (Wildman–Crippen LogP) is 4.05. The molecule has 1 heterocycles. The molecule has 3 rings (SSSR count). The minimum Gasteiger partial charge on any atom is -0.379 e. The van der Waals surface area contributed by atoms with Gasteiger partial charge in [0.1, 0.15) is 0 Å². The summed E-state index contributed by atoms with van der Waals surface area (Å²) in [6.07, 6.45) is 0. The van der Waals surface area contributed by atoms with Gasteiger partial charge in [-0.3, -0.25) is 4.90 Å². The average Bonchev–Trinajstić information content (AvgIpc) is 2.72. The van der Waals surface area contributed by atoms with E-state index in [2.05, 4.69) is 46.7 Å². The predicted molar refractivity (Wildman–Crippen MR) is 131 cm³/mol. The van der Waals surface area contributed by atoms with Gasteiger partial charge in [0.25, 0.3) is 0 Å². The summed E-state index contributed by atoms with van der Waals surface area (Å²) < 4.78 is 5.43. The number of aliphatic imine (C=N–C) groups is 1. The van der Waals surface area contributed by atoms with Crippen molar-refractivity contribution >= 4 is 41.5 Å². The summed E-state index contributed by atoms with van der Waals surface area (Å²) in [7, 11) is 0. The zero-order chi connectivity index (χ0) is 19.6. The molecule has 0 amide bonds. The van der Waals surface area contributed by atoms with Crippen LogP contribution in [0.15, 0.2) is 53.5 Å². The van der Waals surface area contributed by atoms with Crippen LogP contribution >= 0.6 is 35.6 Å². The van der Waals surface area contributed by atoms with Crippen LogP contribution in [0.5, 0.6) is 0 Å². The molecule has 29 heavy (non-hydrogen) atoms. The summed E-state index contributed by atoms with van der Waals surface area (Å²) >= 11 is 6.24. The molecule has 7 heteroatoms. The number of rotatable bonds is 7. The molecule has 0 radical (unpaired) electrons. The van der Waals surface area contributed by atoms with E-state index in [0.717, 1.165) is 55.9 Å². The number of morpholine rings is 1. The average molecular weight is 529 g/mol. The normalized spacial score (nSPS) is 14.9. The number of nitrogens with zero attached hydrogens (tertiary/aromatic N) is 2. The highest BCUT2D eigenvalue weighted by Gasteiger charge is 2.10. The minimum absolute atomic E-state index is 0. The van der Waals surface area contributed by atoms with Gasteiger partial charge in [-0.2, -0.15) is 0 Å². The highest BCUT2D eigenvalue weighted by molar-refractivity contribution is 14.0. The second kappa shape index (κ2) is 13.1. The third-order valence-corrected chi connectivity index (χ3v) is 5.04.